The van der Waals surface area contributed by atoms with Crippen molar-refractivity contribution >= 4 is 11.6 Å². The lowest BCUT2D eigenvalue weighted by Gasteiger charge is -2.13. The molecule has 0 aromatic carbocycles. The van der Waals surface area contributed by atoms with E-state index in [1.165, 1.54) is 0 Å². The Hall–Kier alpha value is -1.70. The number of nitrogens with zero attached hydrogens (tertiary/aromatic N) is 3. The Morgan fingerprint density at radius 3 is 2.77 bits per heavy atom. The lowest BCUT2D eigenvalue weighted by molar-refractivity contribution is 0.920. The SMILES string of the molecule is N#Cc1c(N2CCCC2)n[nH]c1N. The van der Waals surface area contributed by atoms with E-state index in [0.717, 1.165) is 25.9 Å². The van der Waals surface area contributed by atoms with E-state index in [1.54, 1.807) is 0 Å². The number of aromatic nitrogens is 2. The van der Waals surface area contributed by atoms with Gasteiger partial charge in [0, 0.05) is 13.1 Å². The predicted octanol–water partition coefficient (Wildman–Crippen LogP) is 0.464. The highest BCUT2D eigenvalue weighted by Gasteiger charge is 2.20. The van der Waals surface area contributed by atoms with Gasteiger partial charge in [-0.05, 0) is 12.8 Å². The van der Waals surface area contributed by atoms with Gasteiger partial charge in [-0.2, -0.15) is 10.4 Å². The zero-order chi connectivity index (χ0) is 9.26. The number of hydrogen-bond donors (Lipinski definition) is 2. The van der Waals surface area contributed by atoms with Gasteiger partial charge in [0.15, 0.2) is 5.82 Å². The molecule has 3 N–H and O–H groups in total. The van der Waals surface area contributed by atoms with Crippen LogP contribution >= 0.6 is 0 Å². The molecule has 1 aliphatic heterocycles. The van der Waals surface area contributed by atoms with E-state index in [-0.39, 0.29) is 0 Å². The normalized spacial score (nSPS) is 16.1. The van der Waals surface area contributed by atoms with Crippen molar-refractivity contribution in [3.05, 3.63) is 5.56 Å². The highest BCUT2D eigenvalue weighted by molar-refractivity contribution is 5.64. The van der Waals surface area contributed by atoms with Crippen LogP contribution in [0, 0.1) is 11.3 Å². The van der Waals surface area contributed by atoms with E-state index in [9.17, 15) is 0 Å². The number of nitrogens with two attached hydrogens (primary N) is 1. The highest BCUT2D eigenvalue weighted by Crippen LogP contribution is 2.24. The molecular weight excluding hydrogens is 166 g/mol. The van der Waals surface area contributed by atoms with Crippen molar-refractivity contribution in [1.82, 2.24) is 10.2 Å². The van der Waals surface area contributed by atoms with E-state index in [1.807, 2.05) is 0 Å². The number of rotatable bonds is 1. The van der Waals surface area contributed by atoms with Crippen molar-refractivity contribution in [2.75, 3.05) is 23.7 Å². The highest BCUT2D eigenvalue weighted by atomic mass is 15.3. The Bertz CT molecular complexity index is 342. The van der Waals surface area contributed by atoms with Gasteiger partial charge >= 0.3 is 0 Å². The van der Waals surface area contributed by atoms with Gasteiger partial charge in [-0.25, -0.2) is 0 Å². The molecule has 5 heteroatoms. The molecule has 0 amide bonds. The number of nitriles is 1. The van der Waals surface area contributed by atoms with E-state index in [0.29, 0.717) is 17.2 Å². The maximum absolute atomic E-state index is 8.83. The van der Waals surface area contributed by atoms with E-state index < -0.39 is 0 Å². The lowest BCUT2D eigenvalue weighted by atomic mass is 10.3. The Labute approximate surface area is 76.1 Å². The average molecular weight is 177 g/mol. The Morgan fingerprint density at radius 1 is 1.46 bits per heavy atom. The third-order valence-electron chi connectivity index (χ3n) is 2.29. The molecular formula is C8H11N5. The first-order chi connectivity index (χ1) is 6.33. The number of H-pyrrole nitrogens is 1. The summed E-state index contributed by atoms with van der Waals surface area (Å²) in [7, 11) is 0. The van der Waals surface area contributed by atoms with Crippen LogP contribution < -0.4 is 10.6 Å². The molecule has 2 heterocycles. The van der Waals surface area contributed by atoms with Crippen LogP contribution in [0.1, 0.15) is 18.4 Å². The number of anilines is 2. The summed E-state index contributed by atoms with van der Waals surface area (Å²) < 4.78 is 0. The molecule has 2 rings (SSSR count). The van der Waals surface area contributed by atoms with E-state index in [2.05, 4.69) is 21.2 Å². The summed E-state index contributed by atoms with van der Waals surface area (Å²) in [5, 5.41) is 15.5. The summed E-state index contributed by atoms with van der Waals surface area (Å²) in [6, 6.07) is 2.06. The van der Waals surface area contributed by atoms with E-state index in [4.69, 9.17) is 11.0 Å². The zero-order valence-corrected chi connectivity index (χ0v) is 7.25. The van der Waals surface area contributed by atoms with Gasteiger partial charge in [-0.1, -0.05) is 0 Å². The van der Waals surface area contributed by atoms with Crippen LogP contribution in [0.15, 0.2) is 0 Å². The van der Waals surface area contributed by atoms with Crippen LogP contribution in [0.25, 0.3) is 0 Å². The minimum Gasteiger partial charge on any atom is -0.383 e. The second-order valence-electron chi connectivity index (χ2n) is 3.14. The van der Waals surface area contributed by atoms with Crippen LogP contribution in [0.5, 0.6) is 0 Å². The van der Waals surface area contributed by atoms with Gasteiger partial charge in [-0.3, -0.25) is 5.10 Å². The summed E-state index contributed by atoms with van der Waals surface area (Å²) in [5.41, 5.74) is 6.03. The molecule has 0 aliphatic carbocycles. The van der Waals surface area contributed by atoms with Crippen molar-refractivity contribution < 1.29 is 0 Å². The fraction of sp³-hybridized carbons (Fsp3) is 0.500. The third kappa shape index (κ3) is 1.20. The van der Waals surface area contributed by atoms with Gasteiger partial charge in [0.2, 0.25) is 0 Å². The summed E-state index contributed by atoms with van der Waals surface area (Å²) in [6.07, 6.45) is 2.33. The summed E-state index contributed by atoms with van der Waals surface area (Å²) in [6.45, 7) is 1.94. The molecule has 0 saturated carbocycles. The van der Waals surface area contributed by atoms with Crippen LogP contribution in [0.2, 0.25) is 0 Å². The van der Waals surface area contributed by atoms with Gasteiger partial charge in [-0.15, -0.1) is 0 Å². The maximum Gasteiger partial charge on any atom is 0.170 e. The minimum absolute atomic E-state index is 0.365. The Morgan fingerprint density at radius 2 is 2.15 bits per heavy atom. The second-order valence-corrected chi connectivity index (χ2v) is 3.14. The van der Waals surface area contributed by atoms with Crippen molar-refractivity contribution in [1.29, 1.82) is 5.26 Å². The van der Waals surface area contributed by atoms with Crippen LogP contribution in [-0.2, 0) is 0 Å². The van der Waals surface area contributed by atoms with Crippen LogP contribution in [-0.4, -0.2) is 23.3 Å². The van der Waals surface area contributed by atoms with Crippen molar-refractivity contribution in [3.63, 3.8) is 0 Å². The summed E-state index contributed by atoms with van der Waals surface area (Å²) in [4.78, 5) is 2.09. The number of aromatic amines is 1. The largest absolute Gasteiger partial charge is 0.383 e. The molecule has 0 unspecified atom stereocenters. The fourth-order valence-electron chi connectivity index (χ4n) is 1.61. The quantitative estimate of drug-likeness (QED) is 0.653. The Balaban J connectivity index is 2.34. The van der Waals surface area contributed by atoms with Crippen molar-refractivity contribution in [2.24, 2.45) is 0 Å². The molecule has 1 aromatic rings. The first-order valence-electron chi connectivity index (χ1n) is 4.32. The van der Waals surface area contributed by atoms with Gasteiger partial charge in [0.05, 0.1) is 0 Å². The molecule has 13 heavy (non-hydrogen) atoms. The van der Waals surface area contributed by atoms with Gasteiger partial charge < -0.3 is 10.6 Å². The number of hydrogen-bond acceptors (Lipinski definition) is 4. The van der Waals surface area contributed by atoms with Gasteiger partial charge in [0.25, 0.3) is 0 Å². The molecule has 1 aromatic heterocycles. The molecule has 0 spiro atoms. The van der Waals surface area contributed by atoms with Crippen LogP contribution in [0.3, 0.4) is 0 Å². The maximum atomic E-state index is 8.83. The average Bonchev–Trinajstić information content (AvgIpc) is 2.71. The molecule has 68 valence electrons. The summed E-state index contributed by atoms with van der Waals surface area (Å²) >= 11 is 0. The molecule has 0 radical (unpaired) electrons. The van der Waals surface area contributed by atoms with Crippen molar-refractivity contribution in [2.45, 2.75) is 12.8 Å². The molecule has 5 nitrogen and oxygen atoms in total. The third-order valence-corrected chi connectivity index (χ3v) is 2.29. The first-order valence-corrected chi connectivity index (χ1v) is 4.32. The van der Waals surface area contributed by atoms with E-state index >= 15 is 0 Å². The minimum atomic E-state index is 0.365. The van der Waals surface area contributed by atoms with Crippen molar-refractivity contribution in [3.8, 4) is 6.07 Å². The fourth-order valence-corrected chi connectivity index (χ4v) is 1.61. The molecule has 0 bridgehead atoms. The standard InChI is InChI=1S/C8H11N5/c9-5-6-7(10)11-12-8(6)13-3-1-2-4-13/h1-4H2,(H3,10,11,12). The molecule has 1 aliphatic rings. The number of nitrogen functional groups attached to an aromatic ring is 1. The van der Waals surface area contributed by atoms with Gasteiger partial charge in [0.1, 0.15) is 17.5 Å². The Kier molecular flexibility index (Phi) is 1.81. The van der Waals surface area contributed by atoms with Crippen LogP contribution in [0.4, 0.5) is 11.6 Å². The zero-order valence-electron chi connectivity index (χ0n) is 7.25. The molecule has 0 atom stereocenters. The monoisotopic (exact) mass is 177 g/mol. The second kappa shape index (κ2) is 2.98. The molecule has 1 saturated heterocycles. The lowest BCUT2D eigenvalue weighted by Crippen LogP contribution is -2.19. The topological polar surface area (TPSA) is 81.7 Å². The first kappa shape index (κ1) is 7.92. The summed E-state index contributed by atoms with van der Waals surface area (Å²) in [5.74, 6) is 1.07. The molecule has 1 fully saturated rings. The predicted molar refractivity (Wildman–Crippen MR) is 49.2 cm³/mol. The smallest absolute Gasteiger partial charge is 0.170 e. The number of nitrogens with one attached hydrogen (secondary N) is 1.